The summed E-state index contributed by atoms with van der Waals surface area (Å²) in [5.74, 6) is 1.70. The number of rotatable bonds is 9. The van der Waals surface area contributed by atoms with E-state index in [1.807, 2.05) is 24.3 Å². The van der Waals surface area contributed by atoms with Crippen LogP contribution in [0, 0.1) is 0 Å². The van der Waals surface area contributed by atoms with Crippen LogP contribution >= 0.6 is 11.6 Å². The molecular weight excluding hydrogens is 420 g/mol. The quantitative estimate of drug-likeness (QED) is 0.377. The molecule has 162 valence electrons. The molecule has 0 aliphatic carbocycles. The number of hydrogen-bond donors (Lipinski definition) is 2. The molecule has 0 spiro atoms. The van der Waals surface area contributed by atoms with Crippen LogP contribution in [0.2, 0.25) is 5.02 Å². The fraction of sp³-hybridized carbons (Fsp3) is 0.238. The molecule has 10 heteroatoms. The lowest BCUT2D eigenvalue weighted by Crippen LogP contribution is -2.08. The van der Waals surface area contributed by atoms with Gasteiger partial charge in [0.05, 0.1) is 25.5 Å². The highest BCUT2D eigenvalue weighted by molar-refractivity contribution is 6.32. The van der Waals surface area contributed by atoms with Crippen molar-refractivity contribution in [2.24, 2.45) is 5.16 Å². The average Bonchev–Trinajstić information content (AvgIpc) is 2.76. The Morgan fingerprint density at radius 3 is 2.68 bits per heavy atom. The summed E-state index contributed by atoms with van der Waals surface area (Å²) in [6, 6.07) is 11.3. The molecule has 0 aliphatic heterocycles. The maximum atomic E-state index is 6.19. The summed E-state index contributed by atoms with van der Waals surface area (Å²) >= 11 is 6.19. The van der Waals surface area contributed by atoms with Crippen LogP contribution in [0.3, 0.4) is 0 Å². The second-order valence-corrected chi connectivity index (χ2v) is 6.72. The number of para-hydroxylation sites is 1. The topological polar surface area (TPSA) is 117 Å². The van der Waals surface area contributed by atoms with Crippen LogP contribution < -0.4 is 20.5 Å². The Morgan fingerprint density at radius 1 is 1.13 bits per heavy atom. The number of halogens is 1. The van der Waals surface area contributed by atoms with Crippen molar-refractivity contribution >= 4 is 35.4 Å². The molecule has 0 radical (unpaired) electrons. The second-order valence-electron chi connectivity index (χ2n) is 6.32. The van der Waals surface area contributed by atoms with Gasteiger partial charge in [0.25, 0.3) is 0 Å². The molecule has 0 atom stereocenters. The summed E-state index contributed by atoms with van der Waals surface area (Å²) in [5.41, 5.74) is 8.54. The SMILES string of the molecule is CCc1ccccc1Nc1nc(N)nc(CO/N=C/c2cc(Cl)c(OC)c(OC)c2)n1. The van der Waals surface area contributed by atoms with Crippen LogP contribution in [0.4, 0.5) is 17.6 Å². The predicted octanol–water partition coefficient (Wildman–Crippen LogP) is 3.98. The van der Waals surface area contributed by atoms with E-state index < -0.39 is 0 Å². The third-order valence-electron chi connectivity index (χ3n) is 4.27. The van der Waals surface area contributed by atoms with Crippen LogP contribution in [0.1, 0.15) is 23.9 Å². The predicted molar refractivity (Wildman–Crippen MR) is 120 cm³/mol. The minimum absolute atomic E-state index is 0.00828. The molecule has 1 heterocycles. The van der Waals surface area contributed by atoms with E-state index in [1.165, 1.54) is 20.4 Å². The van der Waals surface area contributed by atoms with Crippen LogP contribution in [0.15, 0.2) is 41.6 Å². The number of aryl methyl sites for hydroxylation is 1. The van der Waals surface area contributed by atoms with Crippen LogP contribution in [-0.4, -0.2) is 35.4 Å². The van der Waals surface area contributed by atoms with Gasteiger partial charge in [-0.1, -0.05) is 41.9 Å². The number of methoxy groups -OCH3 is 2. The maximum absolute atomic E-state index is 6.19. The first-order chi connectivity index (χ1) is 15.0. The van der Waals surface area contributed by atoms with E-state index in [0.717, 1.165) is 17.7 Å². The van der Waals surface area contributed by atoms with E-state index in [4.69, 9.17) is 31.6 Å². The first-order valence-corrected chi connectivity index (χ1v) is 9.84. The summed E-state index contributed by atoms with van der Waals surface area (Å²) in [7, 11) is 3.05. The summed E-state index contributed by atoms with van der Waals surface area (Å²) in [6.45, 7) is 2.08. The molecule has 0 aliphatic rings. The highest BCUT2D eigenvalue weighted by Gasteiger charge is 2.10. The minimum Gasteiger partial charge on any atom is -0.493 e. The van der Waals surface area contributed by atoms with Crippen LogP contribution in [-0.2, 0) is 17.9 Å². The Bertz CT molecular complexity index is 1080. The van der Waals surface area contributed by atoms with Crippen molar-refractivity contribution in [3.8, 4) is 11.5 Å². The number of anilines is 3. The fourth-order valence-electron chi connectivity index (χ4n) is 2.83. The number of hydrogen-bond acceptors (Lipinski definition) is 9. The Balaban J connectivity index is 1.68. The van der Waals surface area contributed by atoms with E-state index in [0.29, 0.717) is 33.9 Å². The first kappa shape index (κ1) is 22.1. The smallest absolute Gasteiger partial charge is 0.232 e. The number of nitrogens with two attached hydrogens (primary N) is 1. The molecule has 0 saturated carbocycles. The van der Waals surface area contributed by atoms with Crippen molar-refractivity contribution in [2.75, 3.05) is 25.3 Å². The lowest BCUT2D eigenvalue weighted by molar-refractivity contribution is 0.126. The third kappa shape index (κ3) is 5.73. The van der Waals surface area contributed by atoms with Crippen molar-refractivity contribution in [1.82, 2.24) is 15.0 Å². The molecule has 9 nitrogen and oxygen atoms in total. The van der Waals surface area contributed by atoms with E-state index in [-0.39, 0.29) is 12.6 Å². The summed E-state index contributed by atoms with van der Waals surface area (Å²) < 4.78 is 10.5. The van der Waals surface area contributed by atoms with E-state index in [2.05, 4.69) is 32.3 Å². The van der Waals surface area contributed by atoms with Gasteiger partial charge >= 0.3 is 0 Å². The number of ether oxygens (including phenoxy) is 2. The second kappa shape index (κ2) is 10.4. The Hall–Kier alpha value is -3.59. The maximum Gasteiger partial charge on any atom is 0.232 e. The number of nitrogen functional groups attached to an aromatic ring is 1. The zero-order chi connectivity index (χ0) is 22.2. The monoisotopic (exact) mass is 442 g/mol. The molecule has 0 fully saturated rings. The molecule has 3 aromatic rings. The molecule has 31 heavy (non-hydrogen) atoms. The highest BCUT2D eigenvalue weighted by atomic mass is 35.5. The van der Waals surface area contributed by atoms with Gasteiger partial charge in [-0.15, -0.1) is 0 Å². The van der Waals surface area contributed by atoms with Crippen molar-refractivity contribution in [1.29, 1.82) is 0 Å². The van der Waals surface area contributed by atoms with Gasteiger partial charge in [-0.05, 0) is 30.2 Å². The number of nitrogens with zero attached hydrogens (tertiary/aromatic N) is 4. The van der Waals surface area contributed by atoms with Gasteiger partial charge in [-0.3, -0.25) is 0 Å². The van der Waals surface area contributed by atoms with Gasteiger partial charge in [0, 0.05) is 11.3 Å². The Kier molecular flexibility index (Phi) is 7.45. The lowest BCUT2D eigenvalue weighted by Gasteiger charge is -2.10. The third-order valence-corrected chi connectivity index (χ3v) is 4.55. The normalized spacial score (nSPS) is 10.8. The van der Waals surface area contributed by atoms with E-state index >= 15 is 0 Å². The molecule has 0 bridgehead atoms. The van der Waals surface area contributed by atoms with E-state index in [1.54, 1.807) is 12.1 Å². The van der Waals surface area contributed by atoms with Gasteiger partial charge in [-0.25, -0.2) is 0 Å². The van der Waals surface area contributed by atoms with Gasteiger partial charge in [-0.2, -0.15) is 15.0 Å². The average molecular weight is 443 g/mol. The number of oxime groups is 1. The minimum atomic E-state index is 0.00828. The number of nitrogens with one attached hydrogen (secondary N) is 1. The largest absolute Gasteiger partial charge is 0.493 e. The van der Waals surface area contributed by atoms with Crippen LogP contribution in [0.5, 0.6) is 11.5 Å². The molecule has 0 unspecified atom stereocenters. The molecule has 1 aromatic heterocycles. The Morgan fingerprint density at radius 2 is 1.94 bits per heavy atom. The lowest BCUT2D eigenvalue weighted by atomic mass is 10.1. The molecule has 0 saturated heterocycles. The van der Waals surface area contributed by atoms with Gasteiger partial charge in [0.2, 0.25) is 11.9 Å². The number of benzene rings is 2. The van der Waals surface area contributed by atoms with Crippen molar-refractivity contribution in [3.63, 3.8) is 0 Å². The van der Waals surface area contributed by atoms with Crippen molar-refractivity contribution in [2.45, 2.75) is 20.0 Å². The molecular formula is C21H23ClN6O3. The van der Waals surface area contributed by atoms with Gasteiger partial charge < -0.3 is 25.4 Å². The highest BCUT2D eigenvalue weighted by Crippen LogP contribution is 2.35. The molecule has 0 amide bonds. The summed E-state index contributed by atoms with van der Waals surface area (Å²) in [6.07, 6.45) is 2.36. The van der Waals surface area contributed by atoms with Gasteiger partial charge in [0.1, 0.15) is 0 Å². The summed E-state index contributed by atoms with van der Waals surface area (Å²) in [5, 5.41) is 7.51. The van der Waals surface area contributed by atoms with Crippen molar-refractivity contribution in [3.05, 3.63) is 58.4 Å². The zero-order valence-corrected chi connectivity index (χ0v) is 18.2. The zero-order valence-electron chi connectivity index (χ0n) is 17.4. The Labute approximate surface area is 185 Å². The first-order valence-electron chi connectivity index (χ1n) is 9.46. The molecule has 2 aromatic carbocycles. The number of aromatic nitrogens is 3. The summed E-state index contributed by atoms with van der Waals surface area (Å²) in [4.78, 5) is 17.9. The fourth-order valence-corrected chi connectivity index (χ4v) is 3.13. The van der Waals surface area contributed by atoms with E-state index in [9.17, 15) is 0 Å². The van der Waals surface area contributed by atoms with Crippen LogP contribution in [0.25, 0.3) is 0 Å². The standard InChI is InChI=1S/C21H23ClN6O3/c1-4-14-7-5-6-8-16(14)25-21-27-18(26-20(23)28-21)12-31-24-11-13-9-15(22)19(30-3)17(10-13)29-2/h5-11H,4,12H2,1-3H3,(H3,23,25,26,27,28)/b24-11+. The van der Waals surface area contributed by atoms with Gasteiger partial charge in [0.15, 0.2) is 23.9 Å². The molecule has 3 rings (SSSR count). The van der Waals surface area contributed by atoms with Crippen molar-refractivity contribution < 1.29 is 14.3 Å². The molecule has 3 N–H and O–H groups in total.